The van der Waals surface area contributed by atoms with E-state index in [1.54, 1.807) is 0 Å². The molecule has 3 aliphatic rings. The van der Waals surface area contributed by atoms with E-state index in [0.29, 0.717) is 5.92 Å². The van der Waals surface area contributed by atoms with Gasteiger partial charge in [0.1, 0.15) is 0 Å². The van der Waals surface area contributed by atoms with Crippen LogP contribution in [-0.2, 0) is 22.7 Å². The number of rotatable bonds is 3. The molecular weight excluding hydrogens is 805 g/mol. The van der Waals surface area contributed by atoms with Crippen LogP contribution in [-0.4, -0.2) is 0 Å². The lowest BCUT2D eigenvalue weighted by Crippen LogP contribution is -2.21. The van der Waals surface area contributed by atoms with Crippen molar-refractivity contribution < 1.29 is 0 Å². The van der Waals surface area contributed by atoms with Crippen molar-refractivity contribution in [3.8, 4) is 44.5 Å². The number of benzene rings is 9. The van der Waals surface area contributed by atoms with E-state index in [0.717, 1.165) is 6.42 Å². The first-order valence-electron chi connectivity index (χ1n) is 25.0. The molecule has 3 aliphatic carbocycles. The summed E-state index contributed by atoms with van der Waals surface area (Å²) in [5.74, 6) is 0.822. The lowest BCUT2D eigenvalue weighted by molar-refractivity contribution is 0.277. The van der Waals surface area contributed by atoms with Crippen LogP contribution < -0.4 is 0 Å². The molecule has 0 bridgehead atoms. The van der Waals surface area contributed by atoms with Crippen molar-refractivity contribution in [2.75, 3.05) is 0 Å². The van der Waals surface area contributed by atoms with Gasteiger partial charge in [-0.05, 0) is 168 Å². The minimum Gasteiger partial charge on any atom is -0.0840 e. The molecule has 12 rings (SSSR count). The Bertz CT molecular complexity index is 3580. The van der Waals surface area contributed by atoms with Gasteiger partial charge in [-0.2, -0.15) is 0 Å². The van der Waals surface area contributed by atoms with E-state index in [1.807, 2.05) is 0 Å². The standard InChI is InChI=1S/C67H64/c1-64(2,3)46-26-19-39-15-16-41-21-29-49(55-32-23-40(20-27-46)59(39)62(41)55)53-13-12-14-54(50-30-22-42-17-18-43-35-48(66(7,8)9)36-44-25-33-56(50)63(42)60(43)44)61(53)45-24-31-51-52-34-28-47(65(4,5)6)38-58(52)67(10,11)57(51)37-45/h12-19,21-26,28-39,46H,20,27H2,1-11H3. The summed E-state index contributed by atoms with van der Waals surface area (Å²) >= 11 is 0. The van der Waals surface area contributed by atoms with Gasteiger partial charge in [0.2, 0.25) is 0 Å². The zero-order chi connectivity index (χ0) is 46.5. The largest absolute Gasteiger partial charge is 0.0840 e. The summed E-state index contributed by atoms with van der Waals surface area (Å²) in [5.41, 5.74) is 20.6. The highest BCUT2D eigenvalue weighted by Crippen LogP contribution is 2.54. The van der Waals surface area contributed by atoms with Crippen molar-refractivity contribution >= 4 is 49.2 Å². The molecule has 0 saturated heterocycles. The molecule has 0 aromatic heterocycles. The van der Waals surface area contributed by atoms with Crippen molar-refractivity contribution in [3.05, 3.63) is 185 Å². The predicted molar refractivity (Wildman–Crippen MR) is 291 cm³/mol. The fourth-order valence-corrected chi connectivity index (χ4v) is 12.5. The lowest BCUT2D eigenvalue weighted by atomic mass is 9.72. The molecule has 0 saturated carbocycles. The SMILES string of the molecule is CC(C)(C)c1ccc2c(c1)C(C)(C)c1cc(-c3c(-c4ccc5c6c7c(ccc46)CCC(C(C)(C)C)C=CC7C=C5)cccc3-c3ccc4ccc5cc(C(C)(C)C)cc6ccc3c4c56)ccc1-2. The second-order valence-electron chi connectivity index (χ2n) is 24.1. The molecule has 0 fully saturated rings. The quantitative estimate of drug-likeness (QED) is 0.123. The van der Waals surface area contributed by atoms with Crippen LogP contribution in [0.4, 0.5) is 0 Å². The van der Waals surface area contributed by atoms with Gasteiger partial charge in [0, 0.05) is 11.3 Å². The molecule has 0 radical (unpaired) electrons. The second-order valence-corrected chi connectivity index (χ2v) is 24.1. The van der Waals surface area contributed by atoms with Gasteiger partial charge in [0.15, 0.2) is 0 Å². The third-order valence-corrected chi connectivity index (χ3v) is 16.5. The minimum atomic E-state index is -0.154. The molecule has 2 atom stereocenters. The van der Waals surface area contributed by atoms with Gasteiger partial charge in [-0.15, -0.1) is 0 Å². The summed E-state index contributed by atoms with van der Waals surface area (Å²) in [6, 6.07) is 50.7. The molecule has 0 nitrogen and oxygen atoms in total. The Kier molecular flexibility index (Phi) is 9.05. The van der Waals surface area contributed by atoms with Crippen molar-refractivity contribution in [2.45, 2.75) is 111 Å². The average molecular weight is 869 g/mol. The van der Waals surface area contributed by atoms with Crippen LogP contribution in [0.1, 0.15) is 127 Å². The smallest absolute Gasteiger partial charge is 0.0211 e. The lowest BCUT2D eigenvalue weighted by Gasteiger charge is -2.32. The summed E-state index contributed by atoms with van der Waals surface area (Å²) in [6.07, 6.45) is 12.2. The number of hydrogen-bond acceptors (Lipinski definition) is 0. The van der Waals surface area contributed by atoms with Gasteiger partial charge in [0.05, 0.1) is 0 Å². The molecule has 0 spiro atoms. The zero-order valence-corrected chi connectivity index (χ0v) is 41.5. The Morgan fingerprint density at radius 3 is 1.78 bits per heavy atom. The van der Waals surface area contributed by atoms with Gasteiger partial charge in [0.25, 0.3) is 0 Å². The fourth-order valence-electron chi connectivity index (χ4n) is 12.5. The van der Waals surface area contributed by atoms with E-state index in [4.69, 9.17) is 0 Å². The average Bonchev–Trinajstić information content (AvgIpc) is 3.51. The van der Waals surface area contributed by atoms with E-state index in [1.165, 1.54) is 133 Å². The molecule has 67 heavy (non-hydrogen) atoms. The van der Waals surface area contributed by atoms with E-state index in [-0.39, 0.29) is 27.6 Å². The van der Waals surface area contributed by atoms with Crippen LogP contribution in [0.5, 0.6) is 0 Å². The number of aryl methyl sites for hydroxylation is 1. The molecular formula is C67H64. The summed E-state index contributed by atoms with van der Waals surface area (Å²) in [7, 11) is 0. The van der Waals surface area contributed by atoms with Crippen LogP contribution in [0.3, 0.4) is 0 Å². The van der Waals surface area contributed by atoms with Crippen LogP contribution >= 0.6 is 0 Å². The van der Waals surface area contributed by atoms with Gasteiger partial charge >= 0.3 is 0 Å². The third kappa shape index (κ3) is 6.45. The monoisotopic (exact) mass is 869 g/mol. The number of hydrogen-bond donors (Lipinski definition) is 0. The molecule has 332 valence electrons. The summed E-state index contributed by atoms with van der Waals surface area (Å²) in [4.78, 5) is 0. The highest BCUT2D eigenvalue weighted by Gasteiger charge is 2.37. The minimum absolute atomic E-state index is 0.0632. The van der Waals surface area contributed by atoms with E-state index >= 15 is 0 Å². The van der Waals surface area contributed by atoms with Crippen molar-refractivity contribution in [1.29, 1.82) is 0 Å². The molecule has 0 N–H and O–H groups in total. The summed E-state index contributed by atoms with van der Waals surface area (Å²) < 4.78 is 0. The first kappa shape index (κ1) is 42.1. The predicted octanol–water partition coefficient (Wildman–Crippen LogP) is 18.9. The second kappa shape index (κ2) is 14.4. The van der Waals surface area contributed by atoms with Crippen LogP contribution in [0, 0.1) is 11.3 Å². The third-order valence-electron chi connectivity index (χ3n) is 16.5. The molecule has 0 heteroatoms. The molecule has 0 amide bonds. The normalized spacial score (nSPS) is 17.7. The maximum atomic E-state index is 2.56. The van der Waals surface area contributed by atoms with Gasteiger partial charge in [-0.3, -0.25) is 0 Å². The van der Waals surface area contributed by atoms with Crippen LogP contribution in [0.2, 0.25) is 0 Å². The van der Waals surface area contributed by atoms with E-state index in [9.17, 15) is 0 Å². The van der Waals surface area contributed by atoms with Crippen molar-refractivity contribution in [3.63, 3.8) is 0 Å². The Morgan fingerprint density at radius 1 is 0.478 bits per heavy atom. The van der Waals surface area contributed by atoms with Crippen molar-refractivity contribution in [1.82, 2.24) is 0 Å². The van der Waals surface area contributed by atoms with Gasteiger partial charge < -0.3 is 0 Å². The molecule has 9 aromatic carbocycles. The van der Waals surface area contributed by atoms with E-state index in [2.05, 4.69) is 228 Å². The maximum Gasteiger partial charge on any atom is 0.0211 e. The van der Waals surface area contributed by atoms with Gasteiger partial charge in [-0.25, -0.2) is 0 Å². The molecule has 9 aromatic rings. The number of fused-ring (bicyclic) bond motifs is 3. The first-order valence-corrected chi connectivity index (χ1v) is 25.0. The topological polar surface area (TPSA) is 0 Å². The highest BCUT2D eigenvalue weighted by atomic mass is 14.4. The van der Waals surface area contributed by atoms with E-state index < -0.39 is 0 Å². The van der Waals surface area contributed by atoms with Crippen LogP contribution in [0.15, 0.2) is 146 Å². The van der Waals surface area contributed by atoms with Gasteiger partial charge in [-0.1, -0.05) is 222 Å². The number of allylic oxidation sites excluding steroid dienone is 3. The summed E-state index contributed by atoms with van der Waals surface area (Å²) in [5, 5.41) is 10.7. The molecule has 2 unspecified atom stereocenters. The molecule has 0 heterocycles. The zero-order valence-electron chi connectivity index (χ0n) is 41.5. The first-order chi connectivity index (χ1) is 31.9. The van der Waals surface area contributed by atoms with Crippen LogP contribution in [0.25, 0.3) is 93.7 Å². The Balaban J connectivity index is 1.12. The Hall–Kier alpha value is -6.24. The Morgan fingerprint density at radius 2 is 1.07 bits per heavy atom. The maximum absolute atomic E-state index is 2.56. The van der Waals surface area contributed by atoms with Crippen molar-refractivity contribution in [2.24, 2.45) is 11.3 Å². The summed E-state index contributed by atoms with van der Waals surface area (Å²) in [6.45, 7) is 26.0. The fraction of sp³-hybridized carbons (Fsp3) is 0.284. The Labute approximate surface area is 398 Å². The molecule has 0 aliphatic heterocycles. The highest BCUT2D eigenvalue weighted by molar-refractivity contribution is 6.26.